The van der Waals surface area contributed by atoms with Crippen LogP contribution in [0.3, 0.4) is 0 Å². The molecule has 0 spiro atoms. The highest BCUT2D eigenvalue weighted by atomic mass is 32.2. The van der Waals surface area contributed by atoms with Gasteiger partial charge in [0.25, 0.3) is 0 Å². The van der Waals surface area contributed by atoms with E-state index in [9.17, 15) is 8.42 Å². The van der Waals surface area contributed by atoms with Crippen LogP contribution in [0.5, 0.6) is 0 Å². The summed E-state index contributed by atoms with van der Waals surface area (Å²) < 4.78 is 22.1. The first-order valence-electron chi connectivity index (χ1n) is 7.13. The Kier molecular flexibility index (Phi) is 6.62. The number of nitrogens with zero attached hydrogens (tertiary/aromatic N) is 2. The summed E-state index contributed by atoms with van der Waals surface area (Å²) in [6, 6.07) is 0. The number of likely N-dealkylation sites (tertiary alicyclic amines) is 1. The minimum Gasteiger partial charge on any atom is -0.357 e. The van der Waals surface area contributed by atoms with Crippen LogP contribution in [0.1, 0.15) is 33.1 Å². The molecule has 1 aliphatic heterocycles. The van der Waals surface area contributed by atoms with E-state index in [4.69, 9.17) is 0 Å². The van der Waals surface area contributed by atoms with E-state index in [1.54, 1.807) is 0 Å². The zero-order chi connectivity index (χ0) is 14.3. The Morgan fingerprint density at radius 2 is 2.00 bits per heavy atom. The summed E-state index contributed by atoms with van der Waals surface area (Å²) in [5.41, 5.74) is 0. The topological polar surface area (TPSA) is 61.8 Å². The molecule has 0 bridgehead atoms. The third kappa shape index (κ3) is 6.80. The van der Waals surface area contributed by atoms with E-state index in [0.717, 1.165) is 31.5 Å². The van der Waals surface area contributed by atoms with Crippen molar-refractivity contribution in [2.75, 3.05) is 38.2 Å². The van der Waals surface area contributed by atoms with E-state index in [-0.39, 0.29) is 5.75 Å². The largest absolute Gasteiger partial charge is 0.357 e. The molecule has 19 heavy (non-hydrogen) atoms. The highest BCUT2D eigenvalue weighted by Gasteiger charge is 2.18. The van der Waals surface area contributed by atoms with Gasteiger partial charge in [-0.05, 0) is 32.1 Å². The van der Waals surface area contributed by atoms with Gasteiger partial charge in [0.2, 0.25) is 0 Å². The van der Waals surface area contributed by atoms with Crippen molar-refractivity contribution in [3.05, 3.63) is 0 Å². The van der Waals surface area contributed by atoms with E-state index >= 15 is 0 Å². The predicted molar refractivity (Wildman–Crippen MR) is 80.3 cm³/mol. The van der Waals surface area contributed by atoms with Gasteiger partial charge in [-0.15, -0.1) is 0 Å². The Balaban J connectivity index is 2.46. The molecule has 0 aromatic heterocycles. The molecule has 6 heteroatoms. The molecule has 1 saturated heterocycles. The summed E-state index contributed by atoms with van der Waals surface area (Å²) >= 11 is 0. The van der Waals surface area contributed by atoms with Crippen LogP contribution in [0, 0.1) is 5.92 Å². The van der Waals surface area contributed by atoms with Crippen LogP contribution >= 0.6 is 0 Å². The van der Waals surface area contributed by atoms with Gasteiger partial charge in [0.1, 0.15) is 9.84 Å². The summed E-state index contributed by atoms with van der Waals surface area (Å²) in [6.07, 6.45) is 4.27. The van der Waals surface area contributed by atoms with Crippen molar-refractivity contribution in [3.63, 3.8) is 0 Å². The van der Waals surface area contributed by atoms with Crippen LogP contribution in [0.15, 0.2) is 4.99 Å². The van der Waals surface area contributed by atoms with Crippen LogP contribution in [0.4, 0.5) is 0 Å². The van der Waals surface area contributed by atoms with Crippen molar-refractivity contribution in [1.29, 1.82) is 0 Å². The molecule has 1 fully saturated rings. The molecular weight excluding hydrogens is 262 g/mol. The van der Waals surface area contributed by atoms with Gasteiger partial charge in [0, 0.05) is 32.4 Å². The fourth-order valence-electron chi connectivity index (χ4n) is 2.16. The molecule has 1 heterocycles. The van der Waals surface area contributed by atoms with E-state index in [2.05, 4.69) is 29.1 Å². The van der Waals surface area contributed by atoms with Crippen LogP contribution in [0.2, 0.25) is 0 Å². The molecule has 1 N–H and O–H groups in total. The summed E-state index contributed by atoms with van der Waals surface area (Å²) in [5.74, 6) is 1.94. The quantitative estimate of drug-likeness (QED) is 0.468. The van der Waals surface area contributed by atoms with Gasteiger partial charge in [-0.1, -0.05) is 6.92 Å². The minimum absolute atomic E-state index is 0.215. The van der Waals surface area contributed by atoms with Crippen molar-refractivity contribution in [1.82, 2.24) is 10.2 Å². The van der Waals surface area contributed by atoms with Gasteiger partial charge in [-0.2, -0.15) is 0 Å². The molecule has 0 aromatic carbocycles. The Hall–Kier alpha value is -0.780. The predicted octanol–water partition coefficient (Wildman–Crippen LogP) is 1.12. The summed E-state index contributed by atoms with van der Waals surface area (Å²) in [7, 11) is -2.87. The van der Waals surface area contributed by atoms with Gasteiger partial charge in [-0.25, -0.2) is 8.42 Å². The Morgan fingerprint density at radius 1 is 1.37 bits per heavy atom. The number of nitrogens with one attached hydrogen (secondary N) is 1. The highest BCUT2D eigenvalue weighted by molar-refractivity contribution is 7.90. The molecule has 0 saturated carbocycles. The molecule has 0 amide bonds. The zero-order valence-electron chi connectivity index (χ0n) is 12.4. The van der Waals surface area contributed by atoms with E-state index in [0.29, 0.717) is 13.0 Å². The number of piperidine rings is 1. The highest BCUT2D eigenvalue weighted by Crippen LogP contribution is 2.15. The fraction of sp³-hybridized carbons (Fsp3) is 0.923. The van der Waals surface area contributed by atoms with E-state index < -0.39 is 9.84 Å². The molecule has 112 valence electrons. The average Bonchev–Trinajstić information content (AvgIpc) is 2.33. The Labute approximate surface area is 117 Å². The average molecular weight is 289 g/mol. The Morgan fingerprint density at radius 3 is 2.53 bits per heavy atom. The molecule has 0 atom stereocenters. The molecule has 1 rings (SSSR count). The number of guanidine groups is 1. The lowest BCUT2D eigenvalue weighted by molar-refractivity contribution is 0.273. The van der Waals surface area contributed by atoms with Crippen LogP contribution in [0.25, 0.3) is 0 Å². The van der Waals surface area contributed by atoms with E-state index in [1.165, 1.54) is 19.1 Å². The molecule has 0 aliphatic carbocycles. The van der Waals surface area contributed by atoms with Gasteiger partial charge in [-0.3, -0.25) is 4.99 Å². The molecular formula is C13H27N3O2S. The maximum absolute atomic E-state index is 11.1. The van der Waals surface area contributed by atoms with Crippen molar-refractivity contribution >= 4 is 15.8 Å². The van der Waals surface area contributed by atoms with Gasteiger partial charge in [0.05, 0.1) is 5.75 Å². The lowest BCUT2D eigenvalue weighted by Gasteiger charge is -2.33. The van der Waals surface area contributed by atoms with Gasteiger partial charge >= 0.3 is 0 Å². The van der Waals surface area contributed by atoms with Crippen molar-refractivity contribution < 1.29 is 8.42 Å². The number of sulfone groups is 1. The summed E-state index contributed by atoms with van der Waals surface area (Å²) in [6.45, 7) is 7.84. The second kappa shape index (κ2) is 7.72. The Bertz CT molecular complexity index is 385. The van der Waals surface area contributed by atoms with E-state index in [1.807, 2.05) is 0 Å². The maximum atomic E-state index is 11.1. The summed E-state index contributed by atoms with van der Waals surface area (Å²) in [4.78, 5) is 6.81. The number of hydrogen-bond acceptors (Lipinski definition) is 3. The van der Waals surface area contributed by atoms with Crippen LogP contribution < -0.4 is 5.32 Å². The minimum atomic E-state index is -2.87. The third-order valence-corrected chi connectivity index (χ3v) is 4.38. The van der Waals surface area contributed by atoms with Gasteiger partial charge in [0.15, 0.2) is 5.96 Å². The smallest absolute Gasteiger partial charge is 0.193 e. The van der Waals surface area contributed by atoms with Crippen molar-refractivity contribution in [3.8, 4) is 0 Å². The zero-order valence-corrected chi connectivity index (χ0v) is 13.2. The van der Waals surface area contributed by atoms with Crippen molar-refractivity contribution in [2.24, 2.45) is 10.9 Å². The van der Waals surface area contributed by atoms with Crippen LogP contribution in [-0.4, -0.2) is 57.5 Å². The maximum Gasteiger partial charge on any atom is 0.193 e. The number of aliphatic imine (C=N–C) groups is 1. The van der Waals surface area contributed by atoms with Crippen molar-refractivity contribution in [2.45, 2.75) is 33.1 Å². The standard InChI is InChI=1S/C13H27N3O2S/c1-4-14-13(15-8-5-11-19(3,17)18)16-9-6-12(2)7-10-16/h12H,4-11H2,1-3H3,(H,14,15). The molecule has 0 unspecified atom stereocenters. The first-order valence-corrected chi connectivity index (χ1v) is 9.19. The second-order valence-corrected chi connectivity index (χ2v) is 7.65. The molecule has 5 nitrogen and oxygen atoms in total. The SMILES string of the molecule is CCNC(=NCCCS(C)(=O)=O)N1CCC(C)CC1. The fourth-order valence-corrected chi connectivity index (χ4v) is 2.81. The number of hydrogen-bond donors (Lipinski definition) is 1. The lowest BCUT2D eigenvalue weighted by Crippen LogP contribution is -2.45. The lowest BCUT2D eigenvalue weighted by atomic mass is 10.00. The first-order chi connectivity index (χ1) is 8.92. The third-order valence-electron chi connectivity index (χ3n) is 3.35. The monoisotopic (exact) mass is 289 g/mol. The summed E-state index contributed by atoms with van der Waals surface area (Å²) in [5, 5.41) is 3.29. The normalized spacial score (nSPS) is 18.7. The first kappa shape index (κ1) is 16.3. The second-order valence-electron chi connectivity index (χ2n) is 5.39. The molecule has 0 radical (unpaired) electrons. The molecule has 1 aliphatic rings. The van der Waals surface area contributed by atoms with Crippen LogP contribution in [-0.2, 0) is 9.84 Å². The number of rotatable bonds is 5. The molecule has 0 aromatic rings. The van der Waals surface area contributed by atoms with Gasteiger partial charge < -0.3 is 10.2 Å².